The van der Waals surface area contributed by atoms with Crippen molar-refractivity contribution in [3.8, 4) is 0 Å². The second kappa shape index (κ2) is 7.81. The number of hydrogen-bond acceptors (Lipinski definition) is 6. The van der Waals surface area contributed by atoms with E-state index in [2.05, 4.69) is 20.4 Å². The fourth-order valence-corrected chi connectivity index (χ4v) is 5.01. The van der Waals surface area contributed by atoms with E-state index in [0.717, 1.165) is 25.0 Å². The van der Waals surface area contributed by atoms with E-state index in [1.165, 1.54) is 6.26 Å². The molecule has 2 aliphatic heterocycles. The fraction of sp³-hybridized carbons (Fsp3) is 0.455. The molecule has 2 saturated heterocycles. The molecule has 0 aromatic carbocycles. The number of likely N-dealkylation sites (tertiary alicyclic amines) is 2. The van der Waals surface area contributed by atoms with Gasteiger partial charge in [-0.15, -0.1) is 0 Å². The van der Waals surface area contributed by atoms with Crippen LogP contribution in [0.3, 0.4) is 0 Å². The second-order valence-corrected chi connectivity index (χ2v) is 8.55. The van der Waals surface area contributed by atoms with Gasteiger partial charge in [-0.2, -0.15) is 0 Å². The minimum Gasteiger partial charge on any atom is -0.364 e. The highest BCUT2D eigenvalue weighted by Crippen LogP contribution is 2.43. The van der Waals surface area contributed by atoms with E-state index in [9.17, 15) is 9.59 Å². The SMILES string of the molecule is CN1CC[C@]2(C(=O)NCc3ccon3)CCCN(C(=O)c3cn4ccccc4n3)[C@H]2C1. The standard InChI is InChI=1S/C22H26N6O3/c1-26-11-8-22(21(30)23-13-16-6-12-31-25-16)7-4-10-28(18(22)15-26)20(29)17-14-27-9-3-2-5-19(27)24-17/h2-3,5-6,9,12,14,18H,4,7-8,10-11,13,15H2,1H3,(H,23,30)/t18-,22+/m0/s1. The highest BCUT2D eigenvalue weighted by molar-refractivity contribution is 5.94. The van der Waals surface area contributed by atoms with Gasteiger partial charge in [-0.3, -0.25) is 9.59 Å². The molecule has 9 nitrogen and oxygen atoms in total. The van der Waals surface area contributed by atoms with E-state index in [1.807, 2.05) is 40.7 Å². The van der Waals surface area contributed by atoms with Gasteiger partial charge in [0.05, 0.1) is 18.0 Å². The molecule has 5 rings (SSSR count). The summed E-state index contributed by atoms with van der Waals surface area (Å²) in [4.78, 5) is 35.6. The Morgan fingerprint density at radius 2 is 2.16 bits per heavy atom. The molecule has 9 heteroatoms. The van der Waals surface area contributed by atoms with Crippen LogP contribution in [0.15, 0.2) is 47.4 Å². The Kier molecular flexibility index (Phi) is 4.97. The molecule has 3 aromatic heterocycles. The Labute approximate surface area is 180 Å². The highest BCUT2D eigenvalue weighted by atomic mass is 16.5. The molecule has 0 unspecified atom stereocenters. The van der Waals surface area contributed by atoms with Crippen molar-refractivity contribution in [2.45, 2.75) is 31.8 Å². The molecule has 3 aromatic rings. The average molecular weight is 422 g/mol. The summed E-state index contributed by atoms with van der Waals surface area (Å²) in [5, 5.41) is 6.92. The molecule has 0 saturated carbocycles. The zero-order chi connectivity index (χ0) is 21.4. The van der Waals surface area contributed by atoms with Gasteiger partial charge >= 0.3 is 0 Å². The first-order valence-electron chi connectivity index (χ1n) is 10.7. The van der Waals surface area contributed by atoms with Crippen LogP contribution in [0, 0.1) is 5.41 Å². The van der Waals surface area contributed by atoms with Gasteiger partial charge in [0, 0.05) is 31.5 Å². The van der Waals surface area contributed by atoms with Crippen molar-refractivity contribution in [2.75, 3.05) is 26.7 Å². The number of aromatic nitrogens is 3. The molecule has 2 fully saturated rings. The van der Waals surface area contributed by atoms with Gasteiger partial charge in [0.15, 0.2) is 0 Å². The Bertz CT molecular complexity index is 1060. The van der Waals surface area contributed by atoms with Crippen molar-refractivity contribution < 1.29 is 14.1 Å². The van der Waals surface area contributed by atoms with Crippen molar-refractivity contribution in [1.29, 1.82) is 0 Å². The van der Waals surface area contributed by atoms with Gasteiger partial charge in [-0.25, -0.2) is 4.98 Å². The lowest BCUT2D eigenvalue weighted by Crippen LogP contribution is -2.66. The van der Waals surface area contributed by atoms with E-state index in [0.29, 0.717) is 37.4 Å². The molecule has 2 atom stereocenters. The topological polar surface area (TPSA) is 96.0 Å². The number of piperidine rings is 2. The number of amides is 2. The van der Waals surface area contributed by atoms with Crippen LogP contribution in [0.25, 0.3) is 5.65 Å². The van der Waals surface area contributed by atoms with E-state index >= 15 is 0 Å². The molecule has 0 spiro atoms. The summed E-state index contributed by atoms with van der Waals surface area (Å²) in [5.41, 5.74) is 1.23. The Balaban J connectivity index is 1.42. The van der Waals surface area contributed by atoms with Crippen molar-refractivity contribution in [3.63, 3.8) is 0 Å². The summed E-state index contributed by atoms with van der Waals surface area (Å²) >= 11 is 0. The predicted molar refractivity (Wildman–Crippen MR) is 112 cm³/mol. The minimum atomic E-state index is -0.608. The summed E-state index contributed by atoms with van der Waals surface area (Å²) in [5.74, 6) is -0.126. The Morgan fingerprint density at radius 1 is 1.26 bits per heavy atom. The van der Waals surface area contributed by atoms with Crippen molar-refractivity contribution in [2.24, 2.45) is 5.41 Å². The molecular weight excluding hydrogens is 396 g/mol. The molecule has 1 N–H and O–H groups in total. The summed E-state index contributed by atoms with van der Waals surface area (Å²) in [6.07, 6.45) is 7.42. The second-order valence-electron chi connectivity index (χ2n) is 8.55. The summed E-state index contributed by atoms with van der Waals surface area (Å²) < 4.78 is 6.71. The first-order chi connectivity index (χ1) is 15.1. The number of carbonyl (C=O) groups is 2. The smallest absolute Gasteiger partial charge is 0.274 e. The van der Waals surface area contributed by atoms with Gasteiger partial charge in [0.25, 0.3) is 5.91 Å². The predicted octanol–water partition coefficient (Wildman–Crippen LogP) is 1.57. The summed E-state index contributed by atoms with van der Waals surface area (Å²) in [6, 6.07) is 7.23. The largest absolute Gasteiger partial charge is 0.364 e. The first-order valence-corrected chi connectivity index (χ1v) is 10.7. The summed E-state index contributed by atoms with van der Waals surface area (Å²) in [6.45, 7) is 2.43. The number of nitrogens with one attached hydrogen (secondary N) is 1. The van der Waals surface area contributed by atoms with Gasteiger partial charge in [-0.05, 0) is 45.0 Å². The molecular formula is C22H26N6O3. The average Bonchev–Trinajstić information content (AvgIpc) is 3.46. The zero-order valence-corrected chi connectivity index (χ0v) is 17.5. The van der Waals surface area contributed by atoms with Crippen LogP contribution < -0.4 is 5.32 Å². The maximum atomic E-state index is 13.5. The molecule has 162 valence electrons. The third-order valence-corrected chi connectivity index (χ3v) is 6.68. The lowest BCUT2D eigenvalue weighted by molar-refractivity contribution is -0.142. The van der Waals surface area contributed by atoms with Crippen LogP contribution in [0.2, 0.25) is 0 Å². The molecule has 5 heterocycles. The van der Waals surface area contributed by atoms with Crippen LogP contribution in [-0.4, -0.2) is 68.9 Å². The number of nitrogens with zero attached hydrogens (tertiary/aromatic N) is 5. The van der Waals surface area contributed by atoms with E-state index < -0.39 is 5.41 Å². The quantitative estimate of drug-likeness (QED) is 0.686. The van der Waals surface area contributed by atoms with Gasteiger partial charge in [-0.1, -0.05) is 11.2 Å². The van der Waals surface area contributed by atoms with Gasteiger partial charge < -0.3 is 24.0 Å². The molecule has 0 aliphatic carbocycles. The number of pyridine rings is 1. The van der Waals surface area contributed by atoms with Gasteiger partial charge in [0.1, 0.15) is 23.3 Å². The highest BCUT2D eigenvalue weighted by Gasteiger charge is 2.53. The molecule has 0 radical (unpaired) electrons. The first kappa shape index (κ1) is 19.7. The van der Waals surface area contributed by atoms with Crippen LogP contribution in [-0.2, 0) is 11.3 Å². The van der Waals surface area contributed by atoms with E-state index in [1.54, 1.807) is 12.3 Å². The van der Waals surface area contributed by atoms with Crippen molar-refractivity contribution in [3.05, 3.63) is 54.3 Å². The maximum Gasteiger partial charge on any atom is 0.274 e. The van der Waals surface area contributed by atoms with Crippen molar-refractivity contribution >= 4 is 17.5 Å². The minimum absolute atomic E-state index is 0.0129. The maximum absolute atomic E-state index is 13.5. The number of fused-ring (bicyclic) bond motifs is 2. The molecule has 2 amide bonds. The Morgan fingerprint density at radius 3 is 2.97 bits per heavy atom. The van der Waals surface area contributed by atoms with E-state index in [-0.39, 0.29) is 17.9 Å². The summed E-state index contributed by atoms with van der Waals surface area (Å²) in [7, 11) is 2.04. The number of likely N-dealkylation sites (N-methyl/N-ethyl adjacent to an activating group) is 1. The third-order valence-electron chi connectivity index (χ3n) is 6.68. The number of carbonyl (C=O) groups excluding carboxylic acids is 2. The van der Waals surface area contributed by atoms with E-state index in [4.69, 9.17) is 4.52 Å². The van der Waals surface area contributed by atoms with Gasteiger partial charge in [0.2, 0.25) is 5.91 Å². The Hall–Kier alpha value is -3.20. The molecule has 31 heavy (non-hydrogen) atoms. The number of imidazole rings is 1. The molecule has 2 aliphatic rings. The lowest BCUT2D eigenvalue weighted by atomic mass is 9.67. The van der Waals surface area contributed by atoms with Crippen LogP contribution in [0.4, 0.5) is 0 Å². The fourth-order valence-electron chi connectivity index (χ4n) is 5.01. The van der Waals surface area contributed by atoms with Crippen LogP contribution in [0.1, 0.15) is 35.4 Å². The number of rotatable bonds is 4. The number of hydrogen-bond donors (Lipinski definition) is 1. The monoisotopic (exact) mass is 422 g/mol. The van der Waals surface area contributed by atoms with Crippen LogP contribution >= 0.6 is 0 Å². The van der Waals surface area contributed by atoms with Crippen molar-refractivity contribution in [1.82, 2.24) is 29.7 Å². The van der Waals surface area contributed by atoms with Crippen LogP contribution in [0.5, 0.6) is 0 Å². The lowest BCUT2D eigenvalue weighted by Gasteiger charge is -2.53. The zero-order valence-electron chi connectivity index (χ0n) is 17.5. The third kappa shape index (κ3) is 3.48. The normalized spacial score (nSPS) is 24.2. The molecule has 0 bridgehead atoms.